The molecule has 1 aromatic heterocycles. The highest BCUT2D eigenvalue weighted by molar-refractivity contribution is 5.94. The number of rotatable bonds is 7. The zero-order valence-electron chi connectivity index (χ0n) is 17.7. The number of amides is 1. The normalized spacial score (nSPS) is 20.1. The number of carbonyl (C=O) groups is 1. The summed E-state index contributed by atoms with van der Waals surface area (Å²) >= 11 is 0. The molecule has 0 spiro atoms. The molecule has 1 amide bonds. The Bertz CT molecular complexity index is 815. The van der Waals surface area contributed by atoms with Gasteiger partial charge in [-0.2, -0.15) is 5.10 Å². The van der Waals surface area contributed by atoms with Crippen LogP contribution >= 0.6 is 0 Å². The molecule has 6 heteroatoms. The monoisotopic (exact) mass is 383 g/mol. The summed E-state index contributed by atoms with van der Waals surface area (Å²) < 4.78 is 1.96. The van der Waals surface area contributed by atoms with Crippen LogP contribution in [-0.2, 0) is 11.3 Å². The summed E-state index contributed by atoms with van der Waals surface area (Å²) in [5.74, 6) is 0.100. The first-order chi connectivity index (χ1) is 13.4. The fourth-order valence-electron chi connectivity index (χ4n) is 4.00. The second-order valence-electron chi connectivity index (χ2n) is 7.87. The van der Waals surface area contributed by atoms with Gasteiger partial charge in [0.05, 0.1) is 12.7 Å². The molecule has 152 valence electrons. The SMILES string of the molecule is CCC(C)NC1CC(C)N(C(C)=O)c2ccc(-c3cnn(CCNC)c3)cc21. The van der Waals surface area contributed by atoms with E-state index in [0.29, 0.717) is 6.04 Å². The molecular weight excluding hydrogens is 350 g/mol. The molecule has 0 fully saturated rings. The fourth-order valence-corrected chi connectivity index (χ4v) is 4.00. The standard InChI is InChI=1S/C22H33N5O/c1-6-15(2)25-21-11-16(3)27(17(4)28)22-8-7-18(12-20(21)22)19-13-24-26(14-19)10-9-23-5/h7-8,12-16,21,23,25H,6,9-11H2,1-5H3. The van der Waals surface area contributed by atoms with Gasteiger partial charge in [-0.15, -0.1) is 0 Å². The van der Waals surface area contributed by atoms with Gasteiger partial charge in [0.15, 0.2) is 0 Å². The quantitative estimate of drug-likeness (QED) is 0.770. The summed E-state index contributed by atoms with van der Waals surface area (Å²) in [6.45, 7) is 9.94. The van der Waals surface area contributed by atoms with Gasteiger partial charge >= 0.3 is 0 Å². The van der Waals surface area contributed by atoms with E-state index in [1.165, 1.54) is 5.56 Å². The molecule has 2 heterocycles. The summed E-state index contributed by atoms with van der Waals surface area (Å²) in [7, 11) is 1.94. The number of likely N-dealkylation sites (N-methyl/N-ethyl adjacent to an activating group) is 1. The van der Waals surface area contributed by atoms with Crippen LogP contribution in [0.15, 0.2) is 30.6 Å². The van der Waals surface area contributed by atoms with Gasteiger partial charge in [0.2, 0.25) is 5.91 Å². The molecule has 1 aliphatic heterocycles. The molecule has 0 saturated heterocycles. The average Bonchev–Trinajstić information content (AvgIpc) is 3.14. The second kappa shape index (κ2) is 8.88. The molecule has 2 N–H and O–H groups in total. The number of hydrogen-bond donors (Lipinski definition) is 2. The maximum Gasteiger partial charge on any atom is 0.224 e. The topological polar surface area (TPSA) is 62.2 Å². The molecule has 2 aromatic rings. The van der Waals surface area contributed by atoms with Crippen molar-refractivity contribution in [3.8, 4) is 11.1 Å². The predicted molar refractivity (Wildman–Crippen MR) is 114 cm³/mol. The van der Waals surface area contributed by atoms with Crippen LogP contribution in [0, 0.1) is 0 Å². The zero-order valence-corrected chi connectivity index (χ0v) is 17.7. The lowest BCUT2D eigenvalue weighted by Gasteiger charge is -2.40. The lowest BCUT2D eigenvalue weighted by molar-refractivity contribution is -0.117. The van der Waals surface area contributed by atoms with E-state index < -0.39 is 0 Å². The molecule has 6 nitrogen and oxygen atoms in total. The second-order valence-corrected chi connectivity index (χ2v) is 7.87. The summed E-state index contributed by atoms with van der Waals surface area (Å²) in [6.07, 6.45) is 6.00. The maximum absolute atomic E-state index is 12.3. The summed E-state index contributed by atoms with van der Waals surface area (Å²) in [4.78, 5) is 14.2. The first-order valence-corrected chi connectivity index (χ1v) is 10.3. The molecule has 0 radical (unpaired) electrons. The van der Waals surface area contributed by atoms with Gasteiger partial charge in [-0.3, -0.25) is 9.48 Å². The van der Waals surface area contributed by atoms with E-state index in [2.05, 4.69) is 60.9 Å². The molecule has 3 atom stereocenters. The Morgan fingerprint density at radius 3 is 2.82 bits per heavy atom. The van der Waals surface area contributed by atoms with Gasteiger partial charge in [0, 0.05) is 49.0 Å². The first-order valence-electron chi connectivity index (χ1n) is 10.3. The molecule has 28 heavy (non-hydrogen) atoms. The van der Waals surface area contributed by atoms with Crippen molar-refractivity contribution in [3.63, 3.8) is 0 Å². The van der Waals surface area contributed by atoms with Crippen LogP contribution in [0.5, 0.6) is 0 Å². The summed E-state index contributed by atoms with van der Waals surface area (Å²) in [5.41, 5.74) is 4.48. The van der Waals surface area contributed by atoms with Crippen molar-refractivity contribution in [3.05, 3.63) is 36.2 Å². The summed E-state index contributed by atoms with van der Waals surface area (Å²) in [6, 6.07) is 7.29. The number of nitrogens with zero attached hydrogens (tertiary/aromatic N) is 3. The first kappa shape index (κ1) is 20.6. The van der Waals surface area contributed by atoms with Crippen molar-refractivity contribution in [2.24, 2.45) is 0 Å². The van der Waals surface area contributed by atoms with Crippen molar-refractivity contribution in [1.82, 2.24) is 20.4 Å². The smallest absolute Gasteiger partial charge is 0.224 e. The van der Waals surface area contributed by atoms with Crippen LogP contribution in [0.3, 0.4) is 0 Å². The third-order valence-corrected chi connectivity index (χ3v) is 5.67. The number of hydrogen-bond acceptors (Lipinski definition) is 4. The minimum atomic E-state index is 0.100. The van der Waals surface area contributed by atoms with Gasteiger partial charge in [-0.25, -0.2) is 0 Å². The Morgan fingerprint density at radius 2 is 2.14 bits per heavy atom. The van der Waals surface area contributed by atoms with E-state index in [1.807, 2.05) is 22.8 Å². The number of carbonyl (C=O) groups excluding carboxylic acids is 1. The van der Waals surface area contributed by atoms with E-state index in [4.69, 9.17) is 0 Å². The van der Waals surface area contributed by atoms with Crippen molar-refractivity contribution < 1.29 is 4.79 Å². The minimum Gasteiger partial charge on any atom is -0.318 e. The lowest BCUT2D eigenvalue weighted by atomic mass is 9.89. The van der Waals surface area contributed by atoms with E-state index in [0.717, 1.165) is 42.7 Å². The Hall–Kier alpha value is -2.18. The Morgan fingerprint density at radius 1 is 1.36 bits per heavy atom. The van der Waals surface area contributed by atoms with Gasteiger partial charge in [-0.1, -0.05) is 13.0 Å². The Kier molecular flexibility index (Phi) is 6.52. The molecule has 1 aromatic carbocycles. The summed E-state index contributed by atoms with van der Waals surface area (Å²) in [5, 5.41) is 11.4. The lowest BCUT2D eigenvalue weighted by Crippen LogP contribution is -2.45. The van der Waals surface area contributed by atoms with Crippen LogP contribution in [0.4, 0.5) is 5.69 Å². The van der Waals surface area contributed by atoms with Gasteiger partial charge in [0.25, 0.3) is 0 Å². The van der Waals surface area contributed by atoms with Crippen LogP contribution in [0.25, 0.3) is 11.1 Å². The number of anilines is 1. The van der Waals surface area contributed by atoms with Crippen LogP contribution in [0.2, 0.25) is 0 Å². The van der Waals surface area contributed by atoms with Crippen molar-refractivity contribution in [2.75, 3.05) is 18.5 Å². The third kappa shape index (κ3) is 4.28. The fraction of sp³-hybridized carbons (Fsp3) is 0.545. The molecule has 0 aliphatic carbocycles. The average molecular weight is 384 g/mol. The molecule has 3 rings (SSSR count). The van der Waals surface area contributed by atoms with Crippen molar-refractivity contribution in [2.45, 2.75) is 65.2 Å². The number of aromatic nitrogens is 2. The van der Waals surface area contributed by atoms with Crippen LogP contribution in [-0.4, -0.2) is 41.4 Å². The van der Waals surface area contributed by atoms with Crippen molar-refractivity contribution >= 4 is 11.6 Å². The van der Waals surface area contributed by atoms with E-state index in [-0.39, 0.29) is 18.0 Å². The molecule has 1 aliphatic rings. The van der Waals surface area contributed by atoms with Crippen LogP contribution < -0.4 is 15.5 Å². The molecule has 0 saturated carbocycles. The highest BCUT2D eigenvalue weighted by Crippen LogP contribution is 2.39. The van der Waals surface area contributed by atoms with E-state index in [1.54, 1.807) is 6.92 Å². The molecular formula is C22H33N5O. The maximum atomic E-state index is 12.3. The van der Waals surface area contributed by atoms with Crippen molar-refractivity contribution in [1.29, 1.82) is 0 Å². The molecule has 3 unspecified atom stereocenters. The highest BCUT2D eigenvalue weighted by Gasteiger charge is 2.33. The van der Waals surface area contributed by atoms with E-state index in [9.17, 15) is 4.79 Å². The zero-order chi connectivity index (χ0) is 20.3. The number of benzene rings is 1. The van der Waals surface area contributed by atoms with Gasteiger partial charge < -0.3 is 15.5 Å². The highest BCUT2D eigenvalue weighted by atomic mass is 16.2. The molecule has 0 bridgehead atoms. The third-order valence-electron chi connectivity index (χ3n) is 5.67. The van der Waals surface area contributed by atoms with Gasteiger partial charge in [0.1, 0.15) is 0 Å². The minimum absolute atomic E-state index is 0.100. The predicted octanol–water partition coefficient (Wildman–Crippen LogP) is 3.34. The number of nitrogens with one attached hydrogen (secondary N) is 2. The number of fused-ring (bicyclic) bond motifs is 1. The van der Waals surface area contributed by atoms with Crippen LogP contribution in [0.1, 0.15) is 52.1 Å². The largest absolute Gasteiger partial charge is 0.318 e. The Balaban J connectivity index is 1.97. The Labute approximate surface area is 168 Å². The van der Waals surface area contributed by atoms with E-state index >= 15 is 0 Å². The van der Waals surface area contributed by atoms with Gasteiger partial charge in [-0.05, 0) is 57.0 Å².